The number of piperidine rings is 1. The number of nitrogens with zero attached hydrogens (tertiary/aromatic N) is 1. The first-order chi connectivity index (χ1) is 8.79. The van der Waals surface area contributed by atoms with Crippen molar-refractivity contribution < 1.29 is 4.74 Å². The molecule has 0 bridgehead atoms. The van der Waals surface area contributed by atoms with Crippen LogP contribution in [0.3, 0.4) is 0 Å². The average Bonchev–Trinajstić information content (AvgIpc) is 2.40. The molecule has 0 aromatic heterocycles. The van der Waals surface area contributed by atoms with E-state index in [-0.39, 0.29) is 0 Å². The van der Waals surface area contributed by atoms with E-state index in [1.54, 1.807) is 0 Å². The number of hydrogen-bond acceptors (Lipinski definition) is 3. The highest BCUT2D eigenvalue weighted by Crippen LogP contribution is 2.21. The van der Waals surface area contributed by atoms with Crippen molar-refractivity contribution in [3.63, 3.8) is 0 Å². The van der Waals surface area contributed by atoms with Crippen LogP contribution in [0.4, 0.5) is 0 Å². The van der Waals surface area contributed by atoms with Crippen LogP contribution < -0.4 is 10.5 Å². The second-order valence-corrected chi connectivity index (χ2v) is 5.10. The number of likely N-dealkylation sites (tertiary alicyclic amines) is 1. The largest absolute Gasteiger partial charge is 0.492 e. The monoisotopic (exact) mass is 248 g/mol. The van der Waals surface area contributed by atoms with Crippen LogP contribution in [0.25, 0.3) is 0 Å². The second kappa shape index (κ2) is 6.76. The minimum Gasteiger partial charge on any atom is -0.492 e. The van der Waals surface area contributed by atoms with Crippen LogP contribution in [0.5, 0.6) is 5.75 Å². The average molecular weight is 248 g/mol. The lowest BCUT2D eigenvalue weighted by atomic mass is 10.0. The first-order valence-corrected chi connectivity index (χ1v) is 6.95. The summed E-state index contributed by atoms with van der Waals surface area (Å²) in [5.74, 6) is 0.933. The molecule has 1 aliphatic heterocycles. The molecule has 0 aliphatic carbocycles. The molecule has 0 saturated carbocycles. The summed E-state index contributed by atoms with van der Waals surface area (Å²) in [4.78, 5) is 2.56. The molecule has 1 aromatic carbocycles. The van der Waals surface area contributed by atoms with Gasteiger partial charge in [-0.25, -0.2) is 0 Å². The Morgan fingerprint density at radius 2 is 2.28 bits per heavy atom. The molecule has 1 heterocycles. The first-order valence-electron chi connectivity index (χ1n) is 6.95. The van der Waals surface area contributed by atoms with Gasteiger partial charge < -0.3 is 10.5 Å². The smallest absolute Gasteiger partial charge is 0.119 e. The van der Waals surface area contributed by atoms with E-state index in [0.717, 1.165) is 12.3 Å². The Kier molecular flexibility index (Phi) is 5.02. The van der Waals surface area contributed by atoms with Gasteiger partial charge >= 0.3 is 0 Å². The highest BCUT2D eigenvalue weighted by Gasteiger charge is 2.18. The van der Waals surface area contributed by atoms with Crippen molar-refractivity contribution in [2.75, 3.05) is 19.7 Å². The predicted octanol–water partition coefficient (Wildman–Crippen LogP) is 2.40. The molecular formula is C15H24N2O. The van der Waals surface area contributed by atoms with Crippen LogP contribution in [-0.2, 0) is 6.54 Å². The zero-order valence-electron chi connectivity index (χ0n) is 11.3. The van der Waals surface area contributed by atoms with Crippen molar-refractivity contribution >= 4 is 0 Å². The number of benzene rings is 1. The summed E-state index contributed by atoms with van der Waals surface area (Å²) in [6.07, 6.45) is 4.02. The molecule has 1 fully saturated rings. The van der Waals surface area contributed by atoms with E-state index >= 15 is 0 Å². The molecule has 1 atom stereocenters. The maximum absolute atomic E-state index is 5.57. The van der Waals surface area contributed by atoms with Crippen molar-refractivity contribution in [3.8, 4) is 5.75 Å². The molecule has 100 valence electrons. The fourth-order valence-electron chi connectivity index (χ4n) is 2.54. The quantitative estimate of drug-likeness (QED) is 0.869. The van der Waals surface area contributed by atoms with Crippen LogP contribution >= 0.6 is 0 Å². The Labute approximate surface area is 110 Å². The van der Waals surface area contributed by atoms with E-state index in [0.29, 0.717) is 19.2 Å². The molecule has 0 amide bonds. The first kappa shape index (κ1) is 13.4. The Morgan fingerprint density at radius 3 is 3.06 bits per heavy atom. The molecule has 18 heavy (non-hydrogen) atoms. The van der Waals surface area contributed by atoms with Gasteiger partial charge in [0.05, 0.1) is 0 Å². The third kappa shape index (κ3) is 3.72. The third-order valence-electron chi connectivity index (χ3n) is 3.61. The molecule has 2 rings (SSSR count). The molecule has 0 radical (unpaired) electrons. The predicted molar refractivity (Wildman–Crippen MR) is 74.7 cm³/mol. The Morgan fingerprint density at radius 1 is 1.39 bits per heavy atom. The molecule has 3 heteroatoms. The molecule has 1 aliphatic rings. The van der Waals surface area contributed by atoms with Crippen molar-refractivity contribution in [1.82, 2.24) is 4.90 Å². The van der Waals surface area contributed by atoms with E-state index in [2.05, 4.69) is 30.0 Å². The summed E-state index contributed by atoms with van der Waals surface area (Å²) in [5.41, 5.74) is 6.78. The molecule has 2 N–H and O–H groups in total. The van der Waals surface area contributed by atoms with E-state index in [9.17, 15) is 0 Å². The van der Waals surface area contributed by atoms with E-state index in [1.807, 2.05) is 6.07 Å². The van der Waals surface area contributed by atoms with Crippen LogP contribution in [0.15, 0.2) is 24.3 Å². The molecule has 1 saturated heterocycles. The summed E-state index contributed by atoms with van der Waals surface area (Å²) in [5, 5.41) is 0. The van der Waals surface area contributed by atoms with Gasteiger partial charge in [0.15, 0.2) is 0 Å². The third-order valence-corrected chi connectivity index (χ3v) is 3.61. The molecule has 0 unspecified atom stereocenters. The summed E-state index contributed by atoms with van der Waals surface area (Å²) in [6, 6.07) is 9.08. The Bertz CT molecular complexity index is 367. The van der Waals surface area contributed by atoms with Gasteiger partial charge in [0.1, 0.15) is 12.4 Å². The highest BCUT2D eigenvalue weighted by atomic mass is 16.5. The highest BCUT2D eigenvalue weighted by molar-refractivity contribution is 5.28. The summed E-state index contributed by atoms with van der Waals surface area (Å²) in [7, 11) is 0. The van der Waals surface area contributed by atoms with Crippen LogP contribution in [0.1, 0.15) is 31.7 Å². The van der Waals surface area contributed by atoms with Crippen LogP contribution in [-0.4, -0.2) is 30.6 Å². The van der Waals surface area contributed by atoms with Crippen molar-refractivity contribution in [2.24, 2.45) is 5.73 Å². The van der Waals surface area contributed by atoms with E-state index in [1.165, 1.54) is 31.4 Å². The topological polar surface area (TPSA) is 38.5 Å². The van der Waals surface area contributed by atoms with Gasteiger partial charge in [0.2, 0.25) is 0 Å². The lowest BCUT2D eigenvalue weighted by Gasteiger charge is -2.33. The summed E-state index contributed by atoms with van der Waals surface area (Å²) in [6.45, 7) is 5.72. The fraction of sp³-hybridized carbons (Fsp3) is 0.600. The standard InChI is InChI=1S/C15H24N2O/c1-13-5-2-3-9-17(13)12-14-6-4-7-15(11-14)18-10-8-16/h4,6-7,11,13H,2-3,5,8-10,12,16H2,1H3/t13-/m0/s1. The van der Waals surface area contributed by atoms with Crippen LogP contribution in [0, 0.1) is 0 Å². The van der Waals surface area contributed by atoms with Crippen molar-refractivity contribution in [2.45, 2.75) is 38.8 Å². The minimum absolute atomic E-state index is 0.563. The van der Waals surface area contributed by atoms with E-state index < -0.39 is 0 Å². The van der Waals surface area contributed by atoms with Gasteiger partial charge in [-0.15, -0.1) is 0 Å². The van der Waals surface area contributed by atoms with Crippen molar-refractivity contribution in [1.29, 1.82) is 0 Å². The summed E-state index contributed by atoms with van der Waals surface area (Å²) < 4.78 is 5.57. The molecular weight excluding hydrogens is 224 g/mol. The summed E-state index contributed by atoms with van der Waals surface area (Å²) >= 11 is 0. The van der Waals surface area contributed by atoms with Gasteiger partial charge in [0, 0.05) is 19.1 Å². The van der Waals surface area contributed by atoms with Crippen LogP contribution in [0.2, 0.25) is 0 Å². The normalized spacial score (nSPS) is 20.9. The van der Waals surface area contributed by atoms with Gasteiger partial charge in [-0.2, -0.15) is 0 Å². The van der Waals surface area contributed by atoms with Gasteiger partial charge in [-0.3, -0.25) is 4.90 Å². The van der Waals surface area contributed by atoms with Gasteiger partial charge in [0.25, 0.3) is 0 Å². The SMILES string of the molecule is C[C@H]1CCCCN1Cc1cccc(OCCN)c1. The number of hydrogen-bond donors (Lipinski definition) is 1. The lowest BCUT2D eigenvalue weighted by Crippen LogP contribution is -2.36. The van der Waals surface area contributed by atoms with Crippen molar-refractivity contribution in [3.05, 3.63) is 29.8 Å². The van der Waals surface area contributed by atoms with Gasteiger partial charge in [-0.05, 0) is 44.0 Å². The Balaban J connectivity index is 1.95. The number of rotatable bonds is 5. The Hall–Kier alpha value is -1.06. The lowest BCUT2D eigenvalue weighted by molar-refractivity contribution is 0.152. The zero-order chi connectivity index (χ0) is 12.8. The maximum atomic E-state index is 5.57. The van der Waals surface area contributed by atoms with E-state index in [4.69, 9.17) is 10.5 Å². The maximum Gasteiger partial charge on any atom is 0.119 e. The van der Waals surface area contributed by atoms with Gasteiger partial charge in [-0.1, -0.05) is 18.6 Å². The fourth-order valence-corrected chi connectivity index (χ4v) is 2.54. The number of nitrogens with two attached hydrogens (primary N) is 1. The zero-order valence-corrected chi connectivity index (χ0v) is 11.3. The molecule has 3 nitrogen and oxygen atoms in total. The number of ether oxygens (including phenoxy) is 1. The molecule has 0 spiro atoms. The minimum atomic E-state index is 0.563. The molecule has 1 aromatic rings. The second-order valence-electron chi connectivity index (χ2n) is 5.10.